The van der Waals surface area contributed by atoms with Crippen LogP contribution in [0.4, 0.5) is 0 Å². The molecular formula is C48H74O17. The van der Waals surface area contributed by atoms with Crippen LogP contribution in [0.2, 0.25) is 0 Å². The van der Waals surface area contributed by atoms with Crippen LogP contribution in [0, 0.1) is 23.7 Å². The maximum Gasteiger partial charge on any atom is 0.311 e. The fourth-order valence-electron chi connectivity index (χ4n) is 8.15. The third kappa shape index (κ3) is 18.7. The number of hydrogen-bond acceptors (Lipinski definition) is 16. The summed E-state index contributed by atoms with van der Waals surface area (Å²) in [5.41, 5.74) is 0. The lowest BCUT2D eigenvalue weighted by Gasteiger charge is -2.45. The first-order chi connectivity index (χ1) is 30.6. The summed E-state index contributed by atoms with van der Waals surface area (Å²) in [6, 6.07) is 0. The summed E-state index contributed by atoms with van der Waals surface area (Å²) in [6.45, 7) is 8.46. The minimum Gasteiger partial charge on any atom is -0.481 e. The van der Waals surface area contributed by atoms with Gasteiger partial charge in [0.25, 0.3) is 0 Å². The lowest BCUT2D eigenvalue weighted by molar-refractivity contribution is -0.311. The molecule has 0 aromatic heterocycles. The molecule has 17 heteroatoms. The Balaban J connectivity index is 1.86. The van der Waals surface area contributed by atoms with Crippen LogP contribution in [0.3, 0.4) is 0 Å². The lowest BCUT2D eigenvalue weighted by atomic mass is 9.82. The van der Waals surface area contributed by atoms with Gasteiger partial charge in [0.1, 0.15) is 18.1 Å². The number of aliphatic hydroxyl groups excluding tert-OH is 9. The highest BCUT2D eigenvalue weighted by Gasteiger charge is 2.51. The van der Waals surface area contributed by atoms with E-state index in [2.05, 4.69) is 0 Å². The molecule has 0 amide bonds. The largest absolute Gasteiger partial charge is 0.481 e. The summed E-state index contributed by atoms with van der Waals surface area (Å²) in [5, 5.41) is 118. The number of cyclic esters (lactones) is 1. The fourth-order valence-corrected chi connectivity index (χ4v) is 8.15. The molecular weight excluding hydrogens is 849 g/mol. The molecule has 0 radical (unpaired) electrons. The van der Waals surface area contributed by atoms with Gasteiger partial charge >= 0.3 is 11.9 Å². The van der Waals surface area contributed by atoms with Gasteiger partial charge in [-0.3, -0.25) is 9.59 Å². The van der Waals surface area contributed by atoms with Crippen LogP contribution in [0.5, 0.6) is 0 Å². The summed E-state index contributed by atoms with van der Waals surface area (Å²) in [7, 11) is 0. The van der Waals surface area contributed by atoms with Crippen molar-refractivity contribution >= 4 is 11.9 Å². The lowest BCUT2D eigenvalue weighted by Crippen LogP contribution is -2.57. The first-order valence-electron chi connectivity index (χ1n) is 22.6. The molecule has 3 aliphatic rings. The van der Waals surface area contributed by atoms with Gasteiger partial charge in [-0.25, -0.2) is 0 Å². The minimum atomic E-state index is -2.31. The van der Waals surface area contributed by atoms with E-state index in [0.717, 1.165) is 0 Å². The van der Waals surface area contributed by atoms with Crippen LogP contribution < -0.4 is 0 Å². The number of allylic oxidation sites excluding steroid dienone is 12. The number of aliphatic carboxylic acids is 1. The standard InChI is InChI=1S/C48H74O17/c1-28-18-16-14-12-10-8-6-7-9-11-13-15-17-19-36(64-47-45(58)30(3)44(57)32(5)63-47)25-40-42(46(59)60)39(54)27-48(61,65-40)26-35(51)23-38(53)37(52)21-20-33(49)22-34(50)24-41(55)62-31(4)29(2)43(28)56/h6-19,28-40,42-45,47,49-54,56-58,61H,20-27H2,1-5H3,(H,59,60)/t28-,29-,30-,31-,32+,33+,34+,35-,36-,37+,38+,39-,40+,42+,43+,44-,45-,47?,48+/m0/s1. The first kappa shape index (κ1) is 55.9. The number of ether oxygens (including phenoxy) is 4. The zero-order valence-electron chi connectivity index (χ0n) is 38.0. The Hall–Kier alpha value is -3.40. The van der Waals surface area contributed by atoms with Gasteiger partial charge in [0, 0.05) is 43.4 Å². The van der Waals surface area contributed by atoms with Crippen molar-refractivity contribution in [2.45, 2.75) is 177 Å². The van der Waals surface area contributed by atoms with Gasteiger partial charge in [-0.2, -0.15) is 0 Å². The second-order valence-corrected chi connectivity index (χ2v) is 17.8. The van der Waals surface area contributed by atoms with E-state index in [-0.39, 0.29) is 31.6 Å². The molecule has 2 fully saturated rings. The molecule has 2 saturated heterocycles. The third-order valence-corrected chi connectivity index (χ3v) is 12.3. The Kier molecular flexibility index (Phi) is 23.6. The van der Waals surface area contributed by atoms with Crippen molar-refractivity contribution < 1.29 is 84.7 Å². The smallest absolute Gasteiger partial charge is 0.311 e. The molecule has 1 unspecified atom stereocenters. The molecule has 0 aliphatic carbocycles. The molecule has 17 nitrogen and oxygen atoms in total. The van der Waals surface area contributed by atoms with Gasteiger partial charge in [0.15, 0.2) is 12.1 Å². The zero-order chi connectivity index (χ0) is 48.4. The SMILES string of the molecule is C[C@@H]1[C@H](O)[C@@H](C)C=CC=CC=CC=CC=CC=CC=C[C@H](OC2O[C@H](C)[C@@H](O)[C@H](C)[C@@H]2O)C[C@H]2O[C@](O)(C[C@@H](O)C[C@@H](O)[C@H](O)CC[C@@H](O)C[C@@H](O)CC(=O)O[C@H]1C)C[C@H](O)[C@H]2C(=O)O. The van der Waals surface area contributed by atoms with E-state index in [4.69, 9.17) is 18.9 Å². The molecule has 19 atom stereocenters. The van der Waals surface area contributed by atoms with Gasteiger partial charge in [-0.15, -0.1) is 0 Å². The molecule has 3 heterocycles. The number of carboxylic acids is 1. The highest BCUT2D eigenvalue weighted by Crippen LogP contribution is 2.38. The topological polar surface area (TPSA) is 294 Å². The zero-order valence-corrected chi connectivity index (χ0v) is 38.0. The summed E-state index contributed by atoms with van der Waals surface area (Å²) in [6.07, 6.45) is 4.63. The molecule has 0 aromatic rings. The van der Waals surface area contributed by atoms with Crippen LogP contribution >= 0.6 is 0 Å². The van der Waals surface area contributed by atoms with E-state index in [9.17, 15) is 65.8 Å². The summed E-state index contributed by atoms with van der Waals surface area (Å²) in [5.74, 6) is -7.40. The highest BCUT2D eigenvalue weighted by molar-refractivity contribution is 5.71. The maximum atomic E-state index is 12.6. The van der Waals surface area contributed by atoms with Crippen molar-refractivity contribution in [2.24, 2.45) is 23.7 Å². The van der Waals surface area contributed by atoms with E-state index in [1.807, 2.05) is 37.3 Å². The first-order valence-corrected chi connectivity index (χ1v) is 22.6. The molecule has 0 saturated carbocycles. The molecule has 0 aromatic carbocycles. The Morgan fingerprint density at radius 3 is 1.77 bits per heavy atom. The number of esters is 1. The Bertz CT molecular complexity index is 1660. The van der Waals surface area contributed by atoms with Crippen molar-refractivity contribution in [3.63, 3.8) is 0 Å². The number of aliphatic hydroxyl groups is 10. The molecule has 368 valence electrons. The fraction of sp³-hybridized carbons (Fsp3) is 0.667. The van der Waals surface area contributed by atoms with Crippen LogP contribution in [0.15, 0.2) is 85.1 Å². The summed E-state index contributed by atoms with van der Waals surface area (Å²) >= 11 is 0. The van der Waals surface area contributed by atoms with E-state index in [1.54, 1.807) is 82.4 Å². The number of carboxylic acid groups (broad SMARTS) is 1. The Morgan fingerprint density at radius 1 is 0.615 bits per heavy atom. The van der Waals surface area contributed by atoms with Crippen LogP contribution in [-0.2, 0) is 28.5 Å². The van der Waals surface area contributed by atoms with Gasteiger partial charge in [0.2, 0.25) is 0 Å². The monoisotopic (exact) mass is 922 g/mol. The number of fused-ring (bicyclic) bond motifs is 2. The molecule has 3 rings (SSSR count). The minimum absolute atomic E-state index is 0.100. The van der Waals surface area contributed by atoms with Crippen molar-refractivity contribution in [2.75, 3.05) is 0 Å². The maximum absolute atomic E-state index is 12.6. The average molecular weight is 923 g/mol. The summed E-state index contributed by atoms with van der Waals surface area (Å²) in [4.78, 5) is 25.1. The van der Waals surface area contributed by atoms with Crippen LogP contribution in [0.25, 0.3) is 0 Å². The van der Waals surface area contributed by atoms with Crippen molar-refractivity contribution in [1.29, 1.82) is 0 Å². The van der Waals surface area contributed by atoms with Crippen molar-refractivity contribution in [3.05, 3.63) is 85.1 Å². The molecule has 65 heavy (non-hydrogen) atoms. The predicted molar refractivity (Wildman–Crippen MR) is 238 cm³/mol. The Labute approximate surface area is 382 Å². The predicted octanol–water partition coefficient (Wildman–Crippen LogP) is 2.02. The second kappa shape index (κ2) is 27.4. The number of hydrogen-bond donors (Lipinski definition) is 11. The normalized spacial score (nSPS) is 42.0. The molecule has 11 N–H and O–H groups in total. The van der Waals surface area contributed by atoms with E-state index in [0.29, 0.717) is 0 Å². The second-order valence-electron chi connectivity index (χ2n) is 17.8. The van der Waals surface area contributed by atoms with E-state index >= 15 is 0 Å². The number of carbonyl (C=O) groups is 2. The Morgan fingerprint density at radius 2 is 1.18 bits per heavy atom. The van der Waals surface area contributed by atoms with Crippen LogP contribution in [-0.4, -0.2) is 160 Å². The van der Waals surface area contributed by atoms with Crippen molar-refractivity contribution in [1.82, 2.24) is 0 Å². The molecule has 3 aliphatic heterocycles. The third-order valence-electron chi connectivity index (χ3n) is 12.3. The molecule has 0 spiro atoms. The number of carbonyl (C=O) groups excluding carboxylic acids is 1. The highest BCUT2D eigenvalue weighted by atomic mass is 16.7. The molecule has 2 bridgehead atoms. The quantitative estimate of drug-likeness (QED) is 0.181. The van der Waals surface area contributed by atoms with Crippen molar-refractivity contribution in [3.8, 4) is 0 Å². The number of rotatable bonds is 3. The van der Waals surface area contributed by atoms with Gasteiger partial charge in [0.05, 0.1) is 73.6 Å². The van der Waals surface area contributed by atoms with Gasteiger partial charge < -0.3 is 75.1 Å². The van der Waals surface area contributed by atoms with E-state index < -0.39 is 147 Å². The van der Waals surface area contributed by atoms with Gasteiger partial charge in [-0.05, 0) is 33.1 Å². The van der Waals surface area contributed by atoms with Crippen LogP contribution in [0.1, 0.15) is 86.0 Å². The van der Waals surface area contributed by atoms with E-state index in [1.165, 1.54) is 0 Å². The summed E-state index contributed by atoms with van der Waals surface area (Å²) < 4.78 is 23.3. The average Bonchev–Trinajstić information content (AvgIpc) is 3.21. The van der Waals surface area contributed by atoms with Gasteiger partial charge in [-0.1, -0.05) is 106 Å².